The van der Waals surface area contributed by atoms with Gasteiger partial charge in [-0.3, -0.25) is 9.89 Å². The first-order valence-corrected chi connectivity index (χ1v) is 8.93. The van der Waals surface area contributed by atoms with Crippen molar-refractivity contribution in [1.82, 2.24) is 15.6 Å². The van der Waals surface area contributed by atoms with Crippen molar-refractivity contribution in [2.45, 2.75) is 0 Å². The molecule has 1 aromatic heterocycles. The molecule has 0 aliphatic rings. The second-order valence-corrected chi connectivity index (χ2v) is 6.02. The first-order chi connectivity index (χ1) is 14.6. The minimum absolute atomic E-state index is 0.259. The predicted octanol–water partition coefficient (Wildman–Crippen LogP) is 2.88. The van der Waals surface area contributed by atoms with E-state index in [1.54, 1.807) is 57.7 Å². The van der Waals surface area contributed by atoms with Gasteiger partial charge in [-0.1, -0.05) is 6.07 Å². The third-order valence-electron chi connectivity index (χ3n) is 4.30. The van der Waals surface area contributed by atoms with Gasteiger partial charge in [-0.2, -0.15) is 10.2 Å². The van der Waals surface area contributed by atoms with Crippen LogP contribution in [0.3, 0.4) is 0 Å². The van der Waals surface area contributed by atoms with Crippen LogP contribution in [0.15, 0.2) is 47.6 Å². The lowest BCUT2D eigenvalue weighted by Crippen LogP contribution is -2.18. The van der Waals surface area contributed by atoms with Crippen molar-refractivity contribution < 1.29 is 23.7 Å². The van der Waals surface area contributed by atoms with Gasteiger partial charge in [-0.05, 0) is 36.4 Å². The number of methoxy groups -OCH3 is 4. The van der Waals surface area contributed by atoms with Gasteiger partial charge >= 0.3 is 0 Å². The van der Waals surface area contributed by atoms with E-state index < -0.39 is 5.91 Å². The van der Waals surface area contributed by atoms with Gasteiger partial charge in [0.05, 0.1) is 40.3 Å². The van der Waals surface area contributed by atoms with E-state index in [1.807, 2.05) is 6.07 Å². The molecule has 1 amide bonds. The average molecular weight is 410 g/mol. The Hall–Kier alpha value is -4.01. The fraction of sp³-hybridized carbons (Fsp3) is 0.190. The van der Waals surface area contributed by atoms with Crippen LogP contribution in [0.1, 0.15) is 16.1 Å². The van der Waals surface area contributed by atoms with Gasteiger partial charge in [0.25, 0.3) is 5.91 Å². The van der Waals surface area contributed by atoms with Gasteiger partial charge in [-0.25, -0.2) is 5.43 Å². The van der Waals surface area contributed by atoms with Crippen molar-refractivity contribution in [2.75, 3.05) is 28.4 Å². The topological polar surface area (TPSA) is 107 Å². The second kappa shape index (κ2) is 9.46. The zero-order valence-corrected chi connectivity index (χ0v) is 17.1. The van der Waals surface area contributed by atoms with E-state index in [0.29, 0.717) is 34.3 Å². The zero-order chi connectivity index (χ0) is 21.5. The highest BCUT2D eigenvalue weighted by Gasteiger charge is 2.13. The molecule has 156 valence electrons. The number of aromatic nitrogens is 2. The van der Waals surface area contributed by atoms with E-state index in [2.05, 4.69) is 20.7 Å². The Morgan fingerprint density at radius 3 is 2.43 bits per heavy atom. The van der Waals surface area contributed by atoms with Crippen LogP contribution in [0.2, 0.25) is 0 Å². The smallest absolute Gasteiger partial charge is 0.289 e. The van der Waals surface area contributed by atoms with Gasteiger partial charge in [0.2, 0.25) is 0 Å². The largest absolute Gasteiger partial charge is 0.493 e. The summed E-state index contributed by atoms with van der Waals surface area (Å²) in [4.78, 5) is 12.4. The Morgan fingerprint density at radius 2 is 1.73 bits per heavy atom. The number of hydrazone groups is 1. The number of amides is 1. The van der Waals surface area contributed by atoms with E-state index in [4.69, 9.17) is 18.9 Å². The van der Waals surface area contributed by atoms with Crippen molar-refractivity contribution in [3.63, 3.8) is 0 Å². The van der Waals surface area contributed by atoms with Gasteiger partial charge in [-0.15, -0.1) is 0 Å². The number of hydrogen-bond acceptors (Lipinski definition) is 7. The highest BCUT2D eigenvalue weighted by molar-refractivity contribution is 5.94. The molecule has 0 atom stereocenters. The maximum Gasteiger partial charge on any atom is 0.289 e. The highest BCUT2D eigenvalue weighted by atomic mass is 16.5. The molecular formula is C21H22N4O5. The molecule has 0 radical (unpaired) electrons. The molecule has 30 heavy (non-hydrogen) atoms. The van der Waals surface area contributed by atoms with E-state index in [0.717, 1.165) is 5.56 Å². The normalized spacial score (nSPS) is 10.7. The zero-order valence-electron chi connectivity index (χ0n) is 17.1. The summed E-state index contributed by atoms with van der Waals surface area (Å²) in [6, 6.07) is 12.4. The van der Waals surface area contributed by atoms with Crippen LogP contribution < -0.4 is 24.4 Å². The van der Waals surface area contributed by atoms with Gasteiger partial charge in [0.15, 0.2) is 23.0 Å². The van der Waals surface area contributed by atoms with E-state index >= 15 is 0 Å². The first kappa shape index (κ1) is 20.7. The molecule has 0 unspecified atom stereocenters. The van der Waals surface area contributed by atoms with Crippen molar-refractivity contribution in [1.29, 1.82) is 0 Å². The number of carbonyl (C=O) groups excluding carboxylic acids is 1. The maximum atomic E-state index is 12.4. The molecule has 3 rings (SSSR count). The second-order valence-electron chi connectivity index (χ2n) is 6.02. The molecule has 9 heteroatoms. The van der Waals surface area contributed by atoms with Gasteiger partial charge < -0.3 is 18.9 Å². The molecule has 0 bridgehead atoms. The van der Waals surface area contributed by atoms with Crippen LogP contribution in [-0.2, 0) is 0 Å². The van der Waals surface area contributed by atoms with Crippen molar-refractivity contribution in [2.24, 2.45) is 5.10 Å². The Morgan fingerprint density at radius 1 is 0.967 bits per heavy atom. The number of H-pyrrole nitrogens is 1. The number of benzene rings is 2. The monoisotopic (exact) mass is 410 g/mol. The van der Waals surface area contributed by atoms with Crippen molar-refractivity contribution >= 4 is 12.1 Å². The summed E-state index contributed by atoms with van der Waals surface area (Å²) in [5, 5.41) is 10.9. The molecular weight excluding hydrogens is 388 g/mol. The number of rotatable bonds is 8. The summed E-state index contributed by atoms with van der Waals surface area (Å²) in [7, 11) is 6.21. The predicted molar refractivity (Wildman–Crippen MR) is 112 cm³/mol. The number of ether oxygens (including phenoxy) is 4. The molecule has 0 aliphatic heterocycles. The van der Waals surface area contributed by atoms with Crippen LogP contribution in [0, 0.1) is 0 Å². The van der Waals surface area contributed by atoms with Crippen LogP contribution >= 0.6 is 0 Å². The van der Waals surface area contributed by atoms with Crippen LogP contribution in [0.25, 0.3) is 11.3 Å². The summed E-state index contributed by atoms with van der Waals surface area (Å²) in [6.07, 6.45) is 1.48. The highest BCUT2D eigenvalue weighted by Crippen LogP contribution is 2.32. The molecule has 2 N–H and O–H groups in total. The van der Waals surface area contributed by atoms with Crippen LogP contribution in [-0.4, -0.2) is 50.8 Å². The first-order valence-electron chi connectivity index (χ1n) is 8.93. The Balaban J connectivity index is 1.73. The van der Waals surface area contributed by atoms with E-state index in [1.165, 1.54) is 13.3 Å². The molecule has 3 aromatic rings. The summed E-state index contributed by atoms with van der Waals surface area (Å²) >= 11 is 0. The fourth-order valence-corrected chi connectivity index (χ4v) is 2.82. The van der Waals surface area contributed by atoms with Crippen LogP contribution in [0.4, 0.5) is 0 Å². The molecule has 0 aliphatic carbocycles. The lowest BCUT2D eigenvalue weighted by atomic mass is 10.1. The number of nitrogens with one attached hydrogen (secondary N) is 2. The lowest BCUT2D eigenvalue weighted by Gasteiger charge is -2.09. The molecule has 0 fully saturated rings. The summed E-state index contributed by atoms with van der Waals surface area (Å²) < 4.78 is 21.1. The Kier molecular flexibility index (Phi) is 6.53. The number of carbonyl (C=O) groups is 1. The molecule has 2 aromatic carbocycles. The van der Waals surface area contributed by atoms with Gasteiger partial charge in [0, 0.05) is 11.1 Å². The number of hydrogen-bond donors (Lipinski definition) is 2. The molecule has 9 nitrogen and oxygen atoms in total. The maximum absolute atomic E-state index is 12.4. The fourth-order valence-electron chi connectivity index (χ4n) is 2.82. The number of nitrogens with zero attached hydrogens (tertiary/aromatic N) is 2. The standard InChI is InChI=1S/C21H22N4O5/c1-27-17-9-8-13(10-19(17)29-3)15-11-16(24-23-15)21(26)25-22-12-14-6-5-7-18(28-2)20(14)30-4/h5-12H,1-4H3,(H,23,24)(H,25,26)/b22-12-. The Labute approximate surface area is 173 Å². The van der Waals surface area contributed by atoms with Gasteiger partial charge in [0.1, 0.15) is 5.69 Å². The summed E-state index contributed by atoms with van der Waals surface area (Å²) in [5.74, 6) is 1.83. The minimum Gasteiger partial charge on any atom is -0.493 e. The third kappa shape index (κ3) is 4.35. The quantitative estimate of drug-likeness (QED) is 0.437. The Bertz CT molecular complexity index is 1060. The molecule has 0 saturated heterocycles. The third-order valence-corrected chi connectivity index (χ3v) is 4.30. The average Bonchev–Trinajstić information content (AvgIpc) is 3.28. The van der Waals surface area contributed by atoms with Crippen molar-refractivity contribution in [3.05, 3.63) is 53.7 Å². The molecule has 0 saturated carbocycles. The number of aromatic amines is 1. The van der Waals surface area contributed by atoms with Crippen molar-refractivity contribution in [3.8, 4) is 34.3 Å². The van der Waals surface area contributed by atoms with E-state index in [-0.39, 0.29) is 5.69 Å². The number of para-hydroxylation sites is 1. The SMILES string of the molecule is COc1ccc(-c2cc(C(=O)N/N=C\c3cccc(OC)c3OC)[nH]n2)cc1OC. The summed E-state index contributed by atoms with van der Waals surface area (Å²) in [5.41, 5.74) is 4.73. The molecule has 1 heterocycles. The minimum atomic E-state index is -0.438. The van der Waals surface area contributed by atoms with Crippen LogP contribution in [0.5, 0.6) is 23.0 Å². The van der Waals surface area contributed by atoms with E-state index in [9.17, 15) is 4.79 Å². The lowest BCUT2D eigenvalue weighted by molar-refractivity contribution is 0.0950. The summed E-state index contributed by atoms with van der Waals surface area (Å²) in [6.45, 7) is 0. The molecule has 0 spiro atoms.